The van der Waals surface area contributed by atoms with Gasteiger partial charge in [0.25, 0.3) is 5.91 Å². The van der Waals surface area contributed by atoms with Crippen LogP contribution in [0.3, 0.4) is 0 Å². The summed E-state index contributed by atoms with van der Waals surface area (Å²) in [5.41, 5.74) is 2.03. The van der Waals surface area contributed by atoms with Crippen LogP contribution < -0.4 is 5.32 Å². The molecule has 3 rings (SSSR count). The summed E-state index contributed by atoms with van der Waals surface area (Å²) < 4.78 is 13.3. The van der Waals surface area contributed by atoms with Crippen LogP contribution in [0.4, 0.5) is 10.1 Å². The Hall–Kier alpha value is -2.95. The fourth-order valence-corrected chi connectivity index (χ4v) is 2.74. The molecule has 4 nitrogen and oxygen atoms in total. The predicted molar refractivity (Wildman–Crippen MR) is 90.9 cm³/mol. The van der Waals surface area contributed by atoms with Crippen LogP contribution in [0.5, 0.6) is 0 Å². The maximum absolute atomic E-state index is 13.3. The number of aliphatic hydroxyl groups is 1. The van der Waals surface area contributed by atoms with E-state index in [1.165, 1.54) is 12.1 Å². The van der Waals surface area contributed by atoms with Gasteiger partial charge in [0.15, 0.2) is 0 Å². The third kappa shape index (κ3) is 3.35. The molecule has 24 heavy (non-hydrogen) atoms. The van der Waals surface area contributed by atoms with E-state index >= 15 is 0 Å². The largest absolute Gasteiger partial charge is 0.509 e. The number of aliphatic hydroxyl groups excluding tert-OH is 1. The number of benzene rings is 2. The molecule has 0 aliphatic carbocycles. The van der Waals surface area contributed by atoms with E-state index in [0.717, 1.165) is 0 Å². The van der Waals surface area contributed by atoms with Crippen LogP contribution in [0.2, 0.25) is 0 Å². The van der Waals surface area contributed by atoms with Gasteiger partial charge in [-0.3, -0.25) is 9.79 Å². The van der Waals surface area contributed by atoms with Gasteiger partial charge in [-0.05, 0) is 36.8 Å². The lowest BCUT2D eigenvalue weighted by Gasteiger charge is -2.11. The van der Waals surface area contributed by atoms with Crippen molar-refractivity contribution in [3.8, 4) is 0 Å². The van der Waals surface area contributed by atoms with Crippen LogP contribution in [0, 0.1) is 5.82 Å². The zero-order valence-electron chi connectivity index (χ0n) is 13.2. The number of halogens is 1. The molecule has 0 unspecified atom stereocenters. The van der Waals surface area contributed by atoms with Crippen LogP contribution in [0.25, 0.3) is 0 Å². The van der Waals surface area contributed by atoms with E-state index in [2.05, 4.69) is 10.3 Å². The predicted octanol–water partition coefficient (Wildman–Crippen LogP) is 3.47. The second-order valence-electron chi connectivity index (χ2n) is 5.65. The molecular weight excluding hydrogens is 307 g/mol. The summed E-state index contributed by atoms with van der Waals surface area (Å²) in [7, 11) is 0. The van der Waals surface area contributed by atoms with Gasteiger partial charge in [-0.1, -0.05) is 30.3 Å². The van der Waals surface area contributed by atoms with Gasteiger partial charge in [0.2, 0.25) is 0 Å². The Kier molecular flexibility index (Phi) is 4.42. The molecule has 0 radical (unpaired) electrons. The van der Waals surface area contributed by atoms with Crippen molar-refractivity contribution >= 4 is 17.3 Å². The fourth-order valence-electron chi connectivity index (χ4n) is 2.74. The fraction of sp³-hybridized carbons (Fsp3) is 0.158. The van der Waals surface area contributed by atoms with Gasteiger partial charge in [-0.15, -0.1) is 0 Å². The zero-order valence-corrected chi connectivity index (χ0v) is 13.2. The van der Waals surface area contributed by atoms with Crippen molar-refractivity contribution < 1.29 is 14.3 Å². The lowest BCUT2D eigenvalue weighted by atomic mass is 10.0. The van der Waals surface area contributed by atoms with Crippen LogP contribution in [0.1, 0.15) is 12.5 Å². The smallest absolute Gasteiger partial charge is 0.257 e. The van der Waals surface area contributed by atoms with E-state index in [4.69, 9.17) is 0 Å². The molecule has 1 atom stereocenters. The SMILES string of the molecule is CC(=Nc1ccccc1)C1=C(O)[C@H](Cc2cccc(F)c2)NC1=O. The van der Waals surface area contributed by atoms with E-state index < -0.39 is 6.04 Å². The van der Waals surface area contributed by atoms with Gasteiger partial charge >= 0.3 is 0 Å². The molecule has 122 valence electrons. The molecule has 0 saturated carbocycles. The van der Waals surface area contributed by atoms with Crippen molar-refractivity contribution in [1.82, 2.24) is 5.32 Å². The summed E-state index contributed by atoms with van der Waals surface area (Å²) in [4.78, 5) is 16.6. The molecule has 0 saturated heterocycles. The molecule has 1 aliphatic rings. The molecule has 0 fully saturated rings. The minimum atomic E-state index is -0.574. The van der Waals surface area contributed by atoms with E-state index in [0.29, 0.717) is 23.4 Å². The molecule has 2 N–H and O–H groups in total. The number of nitrogens with zero attached hydrogens (tertiary/aromatic N) is 1. The van der Waals surface area contributed by atoms with Crippen LogP contribution in [0.15, 0.2) is 70.9 Å². The quantitative estimate of drug-likeness (QED) is 0.846. The van der Waals surface area contributed by atoms with Crippen LogP contribution in [-0.4, -0.2) is 22.8 Å². The third-order valence-corrected chi connectivity index (χ3v) is 3.86. The van der Waals surface area contributed by atoms with E-state index in [1.807, 2.05) is 30.3 Å². The lowest BCUT2D eigenvalue weighted by Crippen LogP contribution is -2.31. The van der Waals surface area contributed by atoms with Gasteiger partial charge in [0.05, 0.1) is 17.4 Å². The van der Waals surface area contributed by atoms with E-state index in [1.54, 1.807) is 19.1 Å². The minimum absolute atomic E-state index is 0.0542. The van der Waals surface area contributed by atoms with Crippen molar-refractivity contribution in [3.63, 3.8) is 0 Å². The second-order valence-corrected chi connectivity index (χ2v) is 5.65. The normalized spacial score (nSPS) is 18.0. The first-order chi connectivity index (χ1) is 11.5. The van der Waals surface area contributed by atoms with Gasteiger partial charge < -0.3 is 10.4 Å². The Morgan fingerprint density at radius 1 is 1.21 bits per heavy atom. The molecular formula is C19H17FN2O2. The Bertz CT molecular complexity index is 828. The molecule has 1 heterocycles. The number of amides is 1. The number of aliphatic imine (C=N–C) groups is 1. The van der Waals surface area contributed by atoms with Crippen molar-refractivity contribution in [2.24, 2.45) is 4.99 Å². The Morgan fingerprint density at radius 3 is 2.67 bits per heavy atom. The third-order valence-electron chi connectivity index (χ3n) is 3.86. The monoisotopic (exact) mass is 324 g/mol. The van der Waals surface area contributed by atoms with E-state index in [9.17, 15) is 14.3 Å². The second kappa shape index (κ2) is 6.66. The molecule has 2 aromatic rings. The maximum Gasteiger partial charge on any atom is 0.257 e. The number of nitrogens with one attached hydrogen (secondary N) is 1. The highest BCUT2D eigenvalue weighted by atomic mass is 19.1. The van der Waals surface area contributed by atoms with Crippen molar-refractivity contribution in [1.29, 1.82) is 0 Å². The summed E-state index contributed by atoms with van der Waals surface area (Å²) in [5, 5.41) is 13.1. The summed E-state index contributed by atoms with van der Waals surface area (Å²) >= 11 is 0. The highest BCUT2D eigenvalue weighted by Gasteiger charge is 2.33. The summed E-state index contributed by atoms with van der Waals surface area (Å²) in [6.45, 7) is 1.68. The van der Waals surface area contributed by atoms with Gasteiger partial charge in [0.1, 0.15) is 17.1 Å². The molecule has 1 amide bonds. The highest BCUT2D eigenvalue weighted by Crippen LogP contribution is 2.22. The minimum Gasteiger partial charge on any atom is -0.509 e. The topological polar surface area (TPSA) is 61.7 Å². The molecule has 5 heteroatoms. The molecule has 2 aromatic carbocycles. The molecule has 1 aliphatic heterocycles. The Morgan fingerprint density at radius 2 is 1.96 bits per heavy atom. The number of hydrogen-bond acceptors (Lipinski definition) is 3. The van der Waals surface area contributed by atoms with Crippen molar-refractivity contribution in [3.05, 3.63) is 77.3 Å². The summed E-state index contributed by atoms with van der Waals surface area (Å²) in [6, 6.07) is 14.7. The zero-order chi connectivity index (χ0) is 17.1. The first-order valence-corrected chi connectivity index (χ1v) is 7.64. The first kappa shape index (κ1) is 15.9. The molecule has 0 aromatic heterocycles. The Balaban J connectivity index is 1.86. The van der Waals surface area contributed by atoms with Crippen molar-refractivity contribution in [2.45, 2.75) is 19.4 Å². The van der Waals surface area contributed by atoms with E-state index in [-0.39, 0.29) is 23.1 Å². The maximum atomic E-state index is 13.3. The average molecular weight is 324 g/mol. The number of carbonyl (C=O) groups excluding carboxylic acids is 1. The lowest BCUT2D eigenvalue weighted by molar-refractivity contribution is -0.116. The number of para-hydroxylation sites is 1. The number of rotatable bonds is 4. The highest BCUT2D eigenvalue weighted by molar-refractivity contribution is 6.23. The standard InChI is InChI=1S/C19H17FN2O2/c1-12(21-15-8-3-2-4-9-15)17-18(23)16(22-19(17)24)11-13-6-5-7-14(20)10-13/h2-10,16,23H,11H2,1H3,(H,22,24)/t16-/m0/s1. The summed E-state index contributed by atoms with van der Waals surface area (Å²) in [5.74, 6) is -0.769. The van der Waals surface area contributed by atoms with Gasteiger partial charge in [0, 0.05) is 6.42 Å². The molecule has 0 spiro atoms. The molecule has 0 bridgehead atoms. The van der Waals surface area contributed by atoms with Crippen molar-refractivity contribution in [2.75, 3.05) is 0 Å². The van der Waals surface area contributed by atoms with Crippen LogP contribution in [-0.2, 0) is 11.2 Å². The first-order valence-electron chi connectivity index (χ1n) is 7.64. The average Bonchev–Trinajstić information content (AvgIpc) is 2.82. The summed E-state index contributed by atoms with van der Waals surface area (Å²) in [6.07, 6.45) is 0.317. The van der Waals surface area contributed by atoms with Gasteiger partial charge in [-0.2, -0.15) is 0 Å². The Labute approximate surface area is 139 Å². The number of carbonyl (C=O) groups is 1. The van der Waals surface area contributed by atoms with Crippen LogP contribution >= 0.6 is 0 Å². The number of hydrogen-bond donors (Lipinski definition) is 2. The van der Waals surface area contributed by atoms with Gasteiger partial charge in [-0.25, -0.2) is 4.39 Å².